The van der Waals surface area contributed by atoms with Crippen LogP contribution in [0.4, 0.5) is 0 Å². The van der Waals surface area contributed by atoms with Crippen LogP contribution in [0.15, 0.2) is 0 Å². The van der Waals surface area contributed by atoms with Crippen LogP contribution in [0.5, 0.6) is 0 Å². The van der Waals surface area contributed by atoms with Gasteiger partial charge in [-0.25, -0.2) is 0 Å². The fourth-order valence-corrected chi connectivity index (χ4v) is 3.00. The first kappa shape index (κ1) is 14.5. The first-order valence-electron chi connectivity index (χ1n) is 6.16. The summed E-state index contributed by atoms with van der Waals surface area (Å²) in [6.07, 6.45) is 1.35. The molecule has 0 radical (unpaired) electrons. The molecule has 0 aromatic heterocycles. The summed E-state index contributed by atoms with van der Waals surface area (Å²) in [6.45, 7) is 7.48. The average molecular weight is 243 g/mol. The normalized spacial score (nSPS) is 30.4. The Kier molecular flexibility index (Phi) is 3.89. The lowest BCUT2D eigenvalue weighted by atomic mass is 9.74. The van der Waals surface area contributed by atoms with Crippen LogP contribution in [-0.4, -0.2) is 29.3 Å². The van der Waals surface area contributed by atoms with Gasteiger partial charge in [-0.2, -0.15) is 0 Å². The van der Waals surface area contributed by atoms with E-state index in [2.05, 4.69) is 0 Å². The first-order chi connectivity index (χ1) is 7.57. The summed E-state index contributed by atoms with van der Waals surface area (Å²) in [5, 5.41) is 10.2. The van der Waals surface area contributed by atoms with E-state index in [1.165, 1.54) is 7.11 Å². The number of hydrogen-bond donors (Lipinski definition) is 2. The fraction of sp³-hybridized carbons (Fsp3) is 0.923. The van der Waals surface area contributed by atoms with Crippen molar-refractivity contribution in [3.63, 3.8) is 0 Å². The van der Waals surface area contributed by atoms with E-state index in [4.69, 9.17) is 10.5 Å². The highest BCUT2D eigenvalue weighted by Crippen LogP contribution is 2.46. The number of nitrogens with two attached hydrogens (primary N) is 1. The summed E-state index contributed by atoms with van der Waals surface area (Å²) in [6, 6.07) is 0. The molecule has 1 aliphatic rings. The summed E-state index contributed by atoms with van der Waals surface area (Å²) in [7, 11) is 1.41. The van der Waals surface area contributed by atoms with Crippen LogP contribution in [0.3, 0.4) is 0 Å². The zero-order valence-corrected chi connectivity index (χ0v) is 11.5. The third-order valence-electron chi connectivity index (χ3n) is 3.96. The van der Waals surface area contributed by atoms with Gasteiger partial charge < -0.3 is 15.6 Å². The van der Waals surface area contributed by atoms with Crippen LogP contribution in [-0.2, 0) is 9.53 Å². The molecule has 0 amide bonds. The topological polar surface area (TPSA) is 72.5 Å². The van der Waals surface area contributed by atoms with Gasteiger partial charge in [0, 0.05) is 5.54 Å². The Hall–Kier alpha value is -0.610. The first-order valence-corrected chi connectivity index (χ1v) is 6.16. The van der Waals surface area contributed by atoms with Crippen molar-refractivity contribution >= 4 is 5.97 Å². The Bertz CT molecular complexity index is 266. The lowest BCUT2D eigenvalue weighted by Gasteiger charge is -2.38. The van der Waals surface area contributed by atoms with Gasteiger partial charge in [-0.1, -0.05) is 0 Å². The van der Waals surface area contributed by atoms with E-state index in [9.17, 15) is 9.90 Å². The largest absolute Gasteiger partial charge is 0.469 e. The van der Waals surface area contributed by atoms with Crippen LogP contribution >= 0.6 is 0 Å². The summed E-state index contributed by atoms with van der Waals surface area (Å²) in [5.74, 6) is -0.159. The van der Waals surface area contributed by atoms with Gasteiger partial charge in [-0.15, -0.1) is 0 Å². The SMILES string of the molecule is COC(=O)[C@H]1C[C@@H](C(C)(C)O)[C@@H](C(C)(C)N)C1. The highest BCUT2D eigenvalue weighted by atomic mass is 16.5. The van der Waals surface area contributed by atoms with Crippen LogP contribution in [0.1, 0.15) is 40.5 Å². The van der Waals surface area contributed by atoms with Gasteiger partial charge in [0.2, 0.25) is 0 Å². The van der Waals surface area contributed by atoms with Crippen molar-refractivity contribution in [3.8, 4) is 0 Å². The Morgan fingerprint density at radius 1 is 1.24 bits per heavy atom. The maximum absolute atomic E-state index is 11.6. The van der Waals surface area contributed by atoms with Crippen molar-refractivity contribution in [1.82, 2.24) is 0 Å². The predicted octanol–water partition coefficient (Wildman–Crippen LogP) is 1.31. The van der Waals surface area contributed by atoms with E-state index in [-0.39, 0.29) is 23.7 Å². The molecular formula is C13H25NO3. The van der Waals surface area contributed by atoms with E-state index in [0.717, 1.165) is 0 Å². The molecule has 0 saturated heterocycles. The summed E-state index contributed by atoms with van der Waals surface area (Å²) < 4.78 is 4.79. The number of methoxy groups -OCH3 is 1. The molecule has 0 bridgehead atoms. The molecule has 0 spiro atoms. The molecule has 3 N–H and O–H groups in total. The summed E-state index contributed by atoms with van der Waals surface area (Å²) in [4.78, 5) is 11.6. The van der Waals surface area contributed by atoms with Crippen molar-refractivity contribution in [3.05, 3.63) is 0 Å². The highest BCUT2D eigenvalue weighted by Gasteiger charge is 2.49. The van der Waals surface area contributed by atoms with Crippen molar-refractivity contribution in [2.45, 2.75) is 51.7 Å². The van der Waals surface area contributed by atoms with Gasteiger partial charge in [0.1, 0.15) is 0 Å². The average Bonchev–Trinajstić information content (AvgIpc) is 2.59. The Balaban J connectivity index is 2.91. The van der Waals surface area contributed by atoms with Crippen LogP contribution in [0, 0.1) is 17.8 Å². The van der Waals surface area contributed by atoms with Crippen LogP contribution in [0.2, 0.25) is 0 Å². The molecule has 17 heavy (non-hydrogen) atoms. The van der Waals surface area contributed by atoms with Gasteiger partial charge in [0.25, 0.3) is 0 Å². The minimum atomic E-state index is -0.815. The van der Waals surface area contributed by atoms with E-state index in [1.807, 2.05) is 13.8 Å². The van der Waals surface area contributed by atoms with Crippen molar-refractivity contribution in [2.75, 3.05) is 7.11 Å². The molecule has 1 fully saturated rings. The second-order valence-electron chi connectivity index (χ2n) is 6.38. The Labute approximate surface area is 104 Å². The van der Waals surface area contributed by atoms with Crippen LogP contribution < -0.4 is 5.73 Å². The molecule has 0 unspecified atom stereocenters. The molecule has 0 aliphatic heterocycles. The zero-order valence-electron chi connectivity index (χ0n) is 11.5. The van der Waals surface area contributed by atoms with E-state index >= 15 is 0 Å². The molecule has 1 saturated carbocycles. The second kappa shape index (κ2) is 4.58. The van der Waals surface area contributed by atoms with E-state index in [0.29, 0.717) is 12.8 Å². The minimum Gasteiger partial charge on any atom is -0.469 e. The van der Waals surface area contributed by atoms with Crippen LogP contribution in [0.25, 0.3) is 0 Å². The number of aliphatic hydroxyl groups is 1. The predicted molar refractivity (Wildman–Crippen MR) is 66.3 cm³/mol. The number of ether oxygens (including phenoxy) is 1. The number of carbonyl (C=O) groups excluding carboxylic acids is 1. The molecule has 1 rings (SSSR count). The number of rotatable bonds is 3. The molecule has 4 heteroatoms. The maximum Gasteiger partial charge on any atom is 0.308 e. The highest BCUT2D eigenvalue weighted by molar-refractivity contribution is 5.72. The molecule has 4 nitrogen and oxygen atoms in total. The molecule has 1 aliphatic carbocycles. The third kappa shape index (κ3) is 3.19. The standard InChI is InChI=1S/C13H25NO3/c1-12(2,14)9-6-8(11(15)17-5)7-10(9)13(3,4)16/h8-10,16H,6-7,14H2,1-5H3/t8-,9+,10-/m1/s1. The molecule has 0 aromatic carbocycles. The number of hydrogen-bond acceptors (Lipinski definition) is 4. The fourth-order valence-electron chi connectivity index (χ4n) is 3.00. The van der Waals surface area contributed by atoms with Gasteiger partial charge >= 0.3 is 5.97 Å². The minimum absolute atomic E-state index is 0.0339. The van der Waals surface area contributed by atoms with Gasteiger partial charge in [0.15, 0.2) is 0 Å². The Morgan fingerprint density at radius 2 is 1.71 bits per heavy atom. The maximum atomic E-state index is 11.6. The van der Waals surface area contributed by atoms with Gasteiger partial charge in [-0.3, -0.25) is 4.79 Å². The second-order valence-corrected chi connectivity index (χ2v) is 6.38. The molecule has 100 valence electrons. The van der Waals surface area contributed by atoms with Crippen molar-refractivity contribution < 1.29 is 14.6 Å². The number of carbonyl (C=O) groups is 1. The molecule has 0 heterocycles. The zero-order chi connectivity index (χ0) is 13.4. The molecule has 0 aromatic rings. The third-order valence-corrected chi connectivity index (χ3v) is 3.96. The van der Waals surface area contributed by atoms with Gasteiger partial charge in [-0.05, 0) is 52.4 Å². The van der Waals surface area contributed by atoms with E-state index < -0.39 is 11.1 Å². The Morgan fingerprint density at radius 3 is 2.00 bits per heavy atom. The smallest absolute Gasteiger partial charge is 0.308 e. The monoisotopic (exact) mass is 243 g/mol. The molecule has 3 atom stereocenters. The summed E-state index contributed by atoms with van der Waals surface area (Å²) in [5.41, 5.74) is 4.96. The summed E-state index contributed by atoms with van der Waals surface area (Å²) >= 11 is 0. The van der Waals surface area contributed by atoms with Gasteiger partial charge in [0.05, 0.1) is 18.6 Å². The lowest BCUT2D eigenvalue weighted by Crippen LogP contribution is -2.47. The van der Waals surface area contributed by atoms with Crippen molar-refractivity contribution in [2.24, 2.45) is 23.5 Å². The van der Waals surface area contributed by atoms with E-state index in [1.54, 1.807) is 13.8 Å². The molecular weight excluding hydrogens is 218 g/mol. The lowest BCUT2D eigenvalue weighted by molar-refractivity contribution is -0.145. The number of esters is 1. The van der Waals surface area contributed by atoms with Crippen molar-refractivity contribution in [1.29, 1.82) is 0 Å². The quantitative estimate of drug-likeness (QED) is 0.733.